The van der Waals surface area contributed by atoms with Crippen LogP contribution in [0.15, 0.2) is 48.2 Å². The molecule has 3 nitrogen and oxygen atoms in total. The van der Waals surface area contributed by atoms with Crippen LogP contribution in [-0.2, 0) is 17.4 Å². The van der Waals surface area contributed by atoms with Crippen LogP contribution in [0.5, 0.6) is 0 Å². The highest BCUT2D eigenvalue weighted by Crippen LogP contribution is 2.50. The molecule has 3 aliphatic rings. The number of aliphatic carboxylic acids is 1. The Balaban J connectivity index is 1.36. The van der Waals surface area contributed by atoms with Gasteiger partial charge in [0.2, 0.25) is 0 Å². The zero-order valence-corrected chi connectivity index (χ0v) is 18.2. The van der Waals surface area contributed by atoms with Gasteiger partial charge in [-0.1, -0.05) is 18.2 Å². The number of alkyl halides is 3. The zero-order valence-electron chi connectivity index (χ0n) is 17.4. The zero-order chi connectivity index (χ0) is 22.0. The van der Waals surface area contributed by atoms with Gasteiger partial charge in [0.1, 0.15) is 5.37 Å². The van der Waals surface area contributed by atoms with E-state index in [1.807, 2.05) is 12.3 Å². The van der Waals surface area contributed by atoms with Gasteiger partial charge in [0, 0.05) is 12.7 Å². The predicted octanol–water partition coefficient (Wildman–Crippen LogP) is 5.97. The van der Waals surface area contributed by atoms with E-state index >= 15 is 0 Å². The van der Waals surface area contributed by atoms with Crippen LogP contribution in [0.4, 0.5) is 13.2 Å². The molecule has 1 heterocycles. The van der Waals surface area contributed by atoms with Gasteiger partial charge in [-0.15, -0.1) is 11.8 Å². The van der Waals surface area contributed by atoms with Crippen molar-refractivity contribution in [3.05, 3.63) is 59.3 Å². The molecule has 1 aliphatic heterocycles. The lowest BCUT2D eigenvalue weighted by Crippen LogP contribution is -2.38. The highest BCUT2D eigenvalue weighted by atomic mass is 32.2. The Morgan fingerprint density at radius 2 is 1.87 bits per heavy atom. The predicted molar refractivity (Wildman–Crippen MR) is 117 cm³/mol. The van der Waals surface area contributed by atoms with E-state index in [1.165, 1.54) is 37.8 Å². The van der Waals surface area contributed by atoms with Crippen LogP contribution in [0.25, 0.3) is 0 Å². The summed E-state index contributed by atoms with van der Waals surface area (Å²) in [5.41, 5.74) is 0.424. The summed E-state index contributed by atoms with van der Waals surface area (Å²) in [5, 5.41) is 9.45. The van der Waals surface area contributed by atoms with E-state index in [2.05, 4.69) is 4.90 Å². The van der Waals surface area contributed by atoms with Gasteiger partial charge in [0.15, 0.2) is 0 Å². The maximum absolute atomic E-state index is 12.9. The van der Waals surface area contributed by atoms with Gasteiger partial charge < -0.3 is 10.0 Å². The minimum Gasteiger partial charge on any atom is -0.478 e. The van der Waals surface area contributed by atoms with Gasteiger partial charge in [-0.3, -0.25) is 0 Å². The van der Waals surface area contributed by atoms with E-state index in [9.17, 15) is 23.1 Å². The number of halogens is 3. The third kappa shape index (κ3) is 5.13. The number of fused-ring (bicyclic) bond motifs is 2. The molecule has 2 aliphatic carbocycles. The number of aryl methyl sites for hydroxylation is 1. The normalized spacial score (nSPS) is 27.6. The number of allylic oxidation sites excluding steroid dienone is 2. The van der Waals surface area contributed by atoms with Crippen molar-refractivity contribution in [1.82, 2.24) is 4.90 Å². The number of carbonyl (C=O) groups is 1. The fourth-order valence-electron chi connectivity index (χ4n) is 5.42. The van der Waals surface area contributed by atoms with Crippen molar-refractivity contribution in [3.63, 3.8) is 0 Å². The summed E-state index contributed by atoms with van der Waals surface area (Å²) < 4.78 is 38.7. The van der Waals surface area contributed by atoms with Gasteiger partial charge >= 0.3 is 12.1 Å². The van der Waals surface area contributed by atoms with E-state index in [4.69, 9.17) is 0 Å². The molecule has 1 unspecified atom stereocenters. The minimum absolute atomic E-state index is 0.246. The van der Waals surface area contributed by atoms with E-state index in [-0.39, 0.29) is 5.37 Å². The fourth-order valence-corrected chi connectivity index (χ4v) is 6.66. The summed E-state index contributed by atoms with van der Waals surface area (Å²) in [6.07, 6.45) is 7.58. The Morgan fingerprint density at radius 3 is 2.52 bits per heavy atom. The van der Waals surface area contributed by atoms with Crippen molar-refractivity contribution in [1.29, 1.82) is 0 Å². The van der Waals surface area contributed by atoms with Gasteiger partial charge in [-0.25, -0.2) is 4.79 Å². The average Bonchev–Trinajstić information content (AvgIpc) is 3.30. The molecule has 168 valence electrons. The Kier molecular flexibility index (Phi) is 6.70. The first kappa shape index (κ1) is 22.3. The number of nitrogens with zero attached hydrogens (tertiary/aromatic N) is 1. The van der Waals surface area contributed by atoms with E-state index < -0.39 is 17.7 Å². The van der Waals surface area contributed by atoms with Crippen LogP contribution >= 0.6 is 11.8 Å². The van der Waals surface area contributed by atoms with Crippen molar-refractivity contribution in [2.45, 2.75) is 50.1 Å². The molecule has 0 aromatic heterocycles. The van der Waals surface area contributed by atoms with Crippen LogP contribution < -0.4 is 0 Å². The number of hydrogen-bond acceptors (Lipinski definition) is 3. The number of benzene rings is 1. The molecule has 0 radical (unpaired) electrons. The van der Waals surface area contributed by atoms with Crippen LogP contribution in [0, 0.1) is 17.8 Å². The molecule has 1 atom stereocenters. The maximum Gasteiger partial charge on any atom is 0.416 e. The second-order valence-corrected chi connectivity index (χ2v) is 10.0. The average molecular weight is 452 g/mol. The molecule has 2 saturated carbocycles. The minimum atomic E-state index is -4.33. The third-order valence-electron chi connectivity index (χ3n) is 6.96. The second kappa shape index (κ2) is 9.31. The standard InChI is InChI=1S/C24H28F3NO2S/c25-24(26,27)19-6-1-4-16(14-19)5-3-13-31-22-20(23(29)30)7-2-12-28(22)15-21-17-8-9-18(21)11-10-17/h1-2,4,6-7,12,14,17-18,21-22H,3,5,8-11,13,15H2,(H,29,30). The monoisotopic (exact) mass is 451 g/mol. The van der Waals surface area contributed by atoms with Crippen LogP contribution in [0.3, 0.4) is 0 Å². The van der Waals surface area contributed by atoms with Crippen molar-refractivity contribution in [2.75, 3.05) is 12.3 Å². The Morgan fingerprint density at radius 1 is 1.16 bits per heavy atom. The summed E-state index contributed by atoms with van der Waals surface area (Å²) in [6, 6.07) is 5.46. The van der Waals surface area contributed by atoms with Gasteiger partial charge in [-0.2, -0.15) is 13.2 Å². The van der Waals surface area contributed by atoms with Crippen molar-refractivity contribution >= 4 is 17.7 Å². The first-order chi connectivity index (χ1) is 14.8. The molecule has 4 rings (SSSR count). The lowest BCUT2D eigenvalue weighted by atomic mass is 9.96. The lowest BCUT2D eigenvalue weighted by molar-refractivity contribution is -0.137. The van der Waals surface area contributed by atoms with E-state index in [0.29, 0.717) is 35.6 Å². The van der Waals surface area contributed by atoms with Crippen molar-refractivity contribution in [3.8, 4) is 0 Å². The highest BCUT2D eigenvalue weighted by molar-refractivity contribution is 8.00. The first-order valence-corrected chi connectivity index (χ1v) is 12.0. The molecule has 2 fully saturated rings. The number of thioether (sulfide) groups is 1. The van der Waals surface area contributed by atoms with E-state index in [1.54, 1.807) is 23.9 Å². The van der Waals surface area contributed by atoms with Crippen molar-refractivity contribution in [2.24, 2.45) is 17.8 Å². The van der Waals surface area contributed by atoms with Crippen LogP contribution in [0.1, 0.15) is 43.2 Å². The largest absolute Gasteiger partial charge is 0.478 e. The SMILES string of the molecule is O=C(O)C1=CC=CN(CC2C3CCC2CC3)C1SCCCc1cccc(C(F)(F)F)c1. The third-order valence-corrected chi connectivity index (χ3v) is 8.32. The molecule has 0 saturated heterocycles. The van der Waals surface area contributed by atoms with E-state index in [0.717, 1.165) is 24.4 Å². The summed E-state index contributed by atoms with van der Waals surface area (Å²) in [7, 11) is 0. The topological polar surface area (TPSA) is 40.5 Å². The molecule has 0 spiro atoms. The lowest BCUT2D eigenvalue weighted by Gasteiger charge is -2.35. The van der Waals surface area contributed by atoms with Gasteiger partial charge in [0.25, 0.3) is 0 Å². The van der Waals surface area contributed by atoms with Gasteiger partial charge in [0.05, 0.1) is 11.1 Å². The molecular weight excluding hydrogens is 423 g/mol. The first-order valence-electron chi connectivity index (χ1n) is 11.0. The summed E-state index contributed by atoms with van der Waals surface area (Å²) in [4.78, 5) is 14.0. The number of rotatable bonds is 8. The maximum atomic E-state index is 12.9. The smallest absolute Gasteiger partial charge is 0.416 e. The van der Waals surface area contributed by atoms with Gasteiger partial charge in [-0.05, 0) is 85.8 Å². The molecule has 1 N–H and O–H groups in total. The Labute approximate surface area is 185 Å². The Hall–Kier alpha value is -1.89. The molecule has 7 heteroatoms. The summed E-state index contributed by atoms with van der Waals surface area (Å²) in [6.45, 7) is 0.891. The number of carboxylic acid groups (broad SMARTS) is 1. The molecule has 2 bridgehead atoms. The summed E-state index contributed by atoms with van der Waals surface area (Å²) >= 11 is 1.58. The summed E-state index contributed by atoms with van der Waals surface area (Å²) in [5.74, 6) is 1.96. The molecule has 0 amide bonds. The highest BCUT2D eigenvalue weighted by Gasteiger charge is 2.43. The second-order valence-electron chi connectivity index (χ2n) is 8.83. The molecule has 1 aromatic carbocycles. The molecular formula is C24H28F3NO2S. The quantitative estimate of drug-likeness (QED) is 0.494. The number of carboxylic acids is 1. The van der Waals surface area contributed by atoms with Crippen LogP contribution in [-0.4, -0.2) is 33.6 Å². The van der Waals surface area contributed by atoms with Crippen molar-refractivity contribution < 1.29 is 23.1 Å². The fraction of sp³-hybridized carbons (Fsp3) is 0.542. The Bertz CT molecular complexity index is 847. The molecule has 31 heavy (non-hydrogen) atoms. The molecule has 1 aromatic rings. The number of hydrogen-bond donors (Lipinski definition) is 1. The van der Waals surface area contributed by atoms with Crippen LogP contribution in [0.2, 0.25) is 0 Å².